The number of aromatic amines is 1. The monoisotopic (exact) mass is 326 g/mol. The predicted molar refractivity (Wildman–Crippen MR) is 78.9 cm³/mol. The molecule has 8 heteroatoms. The SMILES string of the molecule is Cc1[nH]c(=O)sc1S(=O)(=O)NC1c2ccccc2CC1O. The summed E-state index contributed by atoms with van der Waals surface area (Å²) in [5, 5.41) is 10.1. The van der Waals surface area contributed by atoms with E-state index in [1.54, 1.807) is 12.1 Å². The average Bonchev–Trinajstić information content (AvgIpc) is 2.91. The van der Waals surface area contributed by atoms with Gasteiger partial charge in [0, 0.05) is 12.1 Å². The fourth-order valence-corrected chi connectivity index (χ4v) is 5.15. The van der Waals surface area contributed by atoms with Crippen LogP contribution in [0.2, 0.25) is 0 Å². The second-order valence-corrected chi connectivity index (χ2v) is 7.89. The quantitative estimate of drug-likeness (QED) is 0.772. The Balaban J connectivity index is 1.97. The van der Waals surface area contributed by atoms with Crippen LogP contribution in [0.3, 0.4) is 0 Å². The minimum absolute atomic E-state index is 0.0379. The highest BCUT2D eigenvalue weighted by molar-refractivity contribution is 7.91. The number of sulfonamides is 1. The molecule has 0 saturated heterocycles. The van der Waals surface area contributed by atoms with E-state index >= 15 is 0 Å². The van der Waals surface area contributed by atoms with Crippen LogP contribution in [0.25, 0.3) is 0 Å². The van der Waals surface area contributed by atoms with Gasteiger partial charge >= 0.3 is 4.87 Å². The number of hydrogen-bond acceptors (Lipinski definition) is 5. The fraction of sp³-hybridized carbons (Fsp3) is 0.308. The third-order valence-electron chi connectivity index (χ3n) is 3.51. The second kappa shape index (κ2) is 5.06. The number of aliphatic hydroxyl groups excluding tert-OH is 1. The summed E-state index contributed by atoms with van der Waals surface area (Å²) in [6.07, 6.45) is -0.403. The van der Waals surface area contributed by atoms with Crippen LogP contribution in [0.15, 0.2) is 33.3 Å². The Bertz CT molecular complexity index is 838. The van der Waals surface area contributed by atoms with Gasteiger partial charge in [-0.15, -0.1) is 0 Å². The average molecular weight is 326 g/mol. The van der Waals surface area contributed by atoms with Crippen LogP contribution < -0.4 is 9.60 Å². The van der Waals surface area contributed by atoms with Crippen molar-refractivity contribution in [2.24, 2.45) is 0 Å². The maximum Gasteiger partial charge on any atom is 0.305 e. The molecule has 112 valence electrons. The highest BCUT2D eigenvalue weighted by Gasteiger charge is 2.35. The number of aliphatic hydroxyl groups is 1. The first-order valence-electron chi connectivity index (χ1n) is 6.36. The molecule has 2 unspecified atom stereocenters. The smallest absolute Gasteiger partial charge is 0.305 e. The van der Waals surface area contributed by atoms with Gasteiger partial charge in [0.1, 0.15) is 0 Å². The van der Waals surface area contributed by atoms with Crippen molar-refractivity contribution in [1.82, 2.24) is 9.71 Å². The molecule has 1 heterocycles. The van der Waals surface area contributed by atoms with E-state index in [1.807, 2.05) is 12.1 Å². The Kier molecular flexibility index (Phi) is 3.48. The molecule has 1 aromatic heterocycles. The van der Waals surface area contributed by atoms with Crippen LogP contribution in [0.1, 0.15) is 22.9 Å². The molecule has 2 atom stereocenters. The third-order valence-corrected chi connectivity index (χ3v) is 6.56. The Hall–Kier alpha value is -1.48. The number of rotatable bonds is 3. The van der Waals surface area contributed by atoms with Gasteiger partial charge in [-0.3, -0.25) is 4.79 Å². The fourth-order valence-electron chi connectivity index (χ4n) is 2.58. The summed E-state index contributed by atoms with van der Waals surface area (Å²) in [6.45, 7) is 1.53. The maximum atomic E-state index is 12.4. The molecule has 1 aliphatic rings. The number of H-pyrrole nitrogens is 1. The number of benzene rings is 1. The van der Waals surface area contributed by atoms with Crippen molar-refractivity contribution in [1.29, 1.82) is 0 Å². The van der Waals surface area contributed by atoms with Crippen LogP contribution >= 0.6 is 11.3 Å². The van der Waals surface area contributed by atoms with Crippen molar-refractivity contribution < 1.29 is 13.5 Å². The number of nitrogens with one attached hydrogen (secondary N) is 2. The molecule has 0 radical (unpaired) electrons. The minimum atomic E-state index is -3.85. The Morgan fingerprint density at radius 2 is 2.10 bits per heavy atom. The maximum absolute atomic E-state index is 12.4. The lowest BCUT2D eigenvalue weighted by atomic mass is 10.1. The minimum Gasteiger partial charge on any atom is -0.391 e. The summed E-state index contributed by atoms with van der Waals surface area (Å²) in [4.78, 5) is 13.3. The van der Waals surface area contributed by atoms with E-state index in [0.717, 1.165) is 11.1 Å². The topological polar surface area (TPSA) is 99.3 Å². The van der Waals surface area contributed by atoms with Crippen molar-refractivity contribution in [2.75, 3.05) is 0 Å². The molecular formula is C13H14N2O4S2. The first-order valence-corrected chi connectivity index (χ1v) is 8.66. The number of aromatic nitrogens is 1. The van der Waals surface area contributed by atoms with E-state index in [2.05, 4.69) is 9.71 Å². The van der Waals surface area contributed by atoms with Crippen molar-refractivity contribution in [3.63, 3.8) is 0 Å². The Morgan fingerprint density at radius 3 is 2.76 bits per heavy atom. The summed E-state index contributed by atoms with van der Waals surface area (Å²) >= 11 is 0.644. The highest BCUT2D eigenvalue weighted by atomic mass is 32.2. The molecule has 0 bridgehead atoms. The second-order valence-electron chi connectivity index (χ2n) is 5.00. The van der Waals surface area contributed by atoms with E-state index in [1.165, 1.54) is 6.92 Å². The Morgan fingerprint density at radius 1 is 1.38 bits per heavy atom. The van der Waals surface area contributed by atoms with Gasteiger partial charge in [-0.05, 0) is 18.1 Å². The molecule has 21 heavy (non-hydrogen) atoms. The zero-order chi connectivity index (χ0) is 15.2. The molecule has 3 rings (SSSR count). The molecule has 2 aromatic rings. The molecule has 0 spiro atoms. The van der Waals surface area contributed by atoms with Gasteiger partial charge in [0.05, 0.1) is 12.1 Å². The van der Waals surface area contributed by atoms with Crippen LogP contribution in [0.4, 0.5) is 0 Å². The zero-order valence-electron chi connectivity index (χ0n) is 11.2. The van der Waals surface area contributed by atoms with Gasteiger partial charge in [-0.25, -0.2) is 13.1 Å². The van der Waals surface area contributed by atoms with Gasteiger partial charge < -0.3 is 10.1 Å². The number of aryl methyl sites for hydroxylation is 1. The molecular weight excluding hydrogens is 312 g/mol. The summed E-state index contributed by atoms with van der Waals surface area (Å²) in [5.74, 6) is 0. The molecule has 1 aromatic carbocycles. The lowest BCUT2D eigenvalue weighted by Crippen LogP contribution is -2.33. The van der Waals surface area contributed by atoms with Gasteiger partial charge in [0.15, 0.2) is 4.21 Å². The van der Waals surface area contributed by atoms with E-state index in [4.69, 9.17) is 0 Å². The van der Waals surface area contributed by atoms with Gasteiger partial charge in [-0.1, -0.05) is 35.6 Å². The van der Waals surface area contributed by atoms with Gasteiger partial charge in [0.25, 0.3) is 10.0 Å². The zero-order valence-corrected chi connectivity index (χ0v) is 12.8. The van der Waals surface area contributed by atoms with Crippen molar-refractivity contribution in [3.8, 4) is 0 Å². The van der Waals surface area contributed by atoms with E-state index < -0.39 is 27.0 Å². The highest BCUT2D eigenvalue weighted by Crippen LogP contribution is 2.32. The third kappa shape index (κ3) is 2.55. The lowest BCUT2D eigenvalue weighted by molar-refractivity contribution is 0.151. The number of hydrogen-bond donors (Lipinski definition) is 3. The van der Waals surface area contributed by atoms with Crippen molar-refractivity contribution in [3.05, 3.63) is 50.8 Å². The number of fused-ring (bicyclic) bond motifs is 1. The van der Waals surface area contributed by atoms with Crippen molar-refractivity contribution >= 4 is 21.4 Å². The van der Waals surface area contributed by atoms with Gasteiger partial charge in [-0.2, -0.15) is 0 Å². The lowest BCUT2D eigenvalue weighted by Gasteiger charge is -2.17. The first kappa shape index (κ1) is 14.5. The molecule has 0 fully saturated rings. The van der Waals surface area contributed by atoms with E-state index in [-0.39, 0.29) is 4.21 Å². The number of thiazole rings is 1. The standard InChI is InChI=1S/C13H14N2O4S2/c1-7-12(20-13(17)14-7)21(18,19)15-11-9-5-3-2-4-8(9)6-10(11)16/h2-5,10-11,15-16H,6H2,1H3,(H,14,17). The van der Waals surface area contributed by atoms with Crippen molar-refractivity contribution in [2.45, 2.75) is 29.7 Å². The van der Waals surface area contributed by atoms with Crippen LogP contribution in [-0.2, 0) is 16.4 Å². The summed E-state index contributed by atoms with van der Waals surface area (Å²) in [6, 6.07) is 6.63. The van der Waals surface area contributed by atoms with Crippen LogP contribution in [0, 0.1) is 6.92 Å². The molecule has 1 aliphatic carbocycles. The normalized spacial score (nSPS) is 21.4. The van der Waals surface area contributed by atoms with Gasteiger partial charge in [0.2, 0.25) is 0 Å². The molecule has 0 aliphatic heterocycles. The Labute approximate surface area is 125 Å². The van der Waals surface area contributed by atoms with Crippen LogP contribution in [0.5, 0.6) is 0 Å². The summed E-state index contributed by atoms with van der Waals surface area (Å²) in [5.41, 5.74) is 2.00. The predicted octanol–water partition coefficient (Wildman–Crippen LogP) is 0.681. The largest absolute Gasteiger partial charge is 0.391 e. The molecule has 0 amide bonds. The van der Waals surface area contributed by atoms with Crippen LogP contribution in [-0.4, -0.2) is 24.6 Å². The summed E-state index contributed by atoms with van der Waals surface area (Å²) in [7, 11) is -3.85. The molecule has 3 N–H and O–H groups in total. The van der Waals surface area contributed by atoms with E-state index in [0.29, 0.717) is 23.5 Å². The molecule has 0 saturated carbocycles. The van der Waals surface area contributed by atoms with E-state index in [9.17, 15) is 18.3 Å². The summed E-state index contributed by atoms with van der Waals surface area (Å²) < 4.78 is 27.3. The molecule has 6 nitrogen and oxygen atoms in total. The first-order chi connectivity index (χ1) is 9.88.